The number of benzene rings is 2. The van der Waals surface area contributed by atoms with Crippen molar-refractivity contribution in [1.29, 1.82) is 0 Å². The van der Waals surface area contributed by atoms with Crippen molar-refractivity contribution in [3.8, 4) is 0 Å². The second-order valence-electron chi connectivity index (χ2n) is 13.3. The number of anilines is 2. The molecular formula is C34H40F3N5O6S2. The molecule has 2 aromatic carbocycles. The van der Waals surface area contributed by atoms with Gasteiger partial charge in [-0.05, 0) is 64.1 Å². The van der Waals surface area contributed by atoms with Gasteiger partial charge in [0.05, 0.1) is 15.5 Å². The van der Waals surface area contributed by atoms with E-state index in [0.717, 1.165) is 23.9 Å². The van der Waals surface area contributed by atoms with Crippen molar-refractivity contribution in [2.45, 2.75) is 79.3 Å². The third-order valence-corrected chi connectivity index (χ3v) is 12.6. The Morgan fingerprint density at radius 1 is 0.640 bits per heavy atom. The molecule has 0 saturated heterocycles. The van der Waals surface area contributed by atoms with Crippen molar-refractivity contribution in [1.82, 2.24) is 14.8 Å². The van der Waals surface area contributed by atoms with Gasteiger partial charge >= 0.3 is 6.18 Å². The first-order valence-electron chi connectivity index (χ1n) is 15.1. The molecule has 0 atom stereocenters. The molecule has 4 rings (SSSR count). The van der Waals surface area contributed by atoms with Gasteiger partial charge in [-0.2, -0.15) is 18.3 Å². The van der Waals surface area contributed by atoms with E-state index in [9.17, 15) is 39.6 Å². The number of rotatable bonds is 8. The lowest BCUT2D eigenvalue weighted by molar-refractivity contribution is -0.141. The summed E-state index contributed by atoms with van der Waals surface area (Å²) in [5.74, 6) is -1.49. The lowest BCUT2D eigenvalue weighted by Crippen LogP contribution is -2.44. The zero-order valence-electron chi connectivity index (χ0n) is 28.8. The summed E-state index contributed by atoms with van der Waals surface area (Å²) in [6, 6.07) is 20.1. The standard InChI is InChI=1S/C18H25N3O3S.C16H15F3N2O3S/c1-17(2,3)14-12-15(21(6)20-14)19-16(22)18(4,5)25(23,24)13-10-8-7-9-11-13;1-15(2,25(23,24)11-7-4-3-5-8-11)14(22)21-13-10-6-9-12(20-13)16(17,18)19/h7-12H,1-6H3,(H,19,22);3-10H,1-2H3,(H,20,21,22). The number of nitrogens with zero attached hydrogens (tertiary/aromatic N) is 3. The molecule has 2 amide bonds. The lowest BCUT2D eigenvalue weighted by atomic mass is 9.92. The Morgan fingerprint density at radius 3 is 1.48 bits per heavy atom. The lowest BCUT2D eigenvalue weighted by Gasteiger charge is -2.23. The molecule has 2 aromatic heterocycles. The predicted molar refractivity (Wildman–Crippen MR) is 184 cm³/mol. The normalized spacial score (nSPS) is 12.8. The summed E-state index contributed by atoms with van der Waals surface area (Å²) in [6.45, 7) is 11.2. The molecule has 0 radical (unpaired) electrons. The first-order valence-corrected chi connectivity index (χ1v) is 18.1. The number of alkyl halides is 3. The number of hydrogen-bond acceptors (Lipinski definition) is 8. The Kier molecular flexibility index (Phi) is 11.4. The first kappa shape index (κ1) is 39.9. The molecule has 2 N–H and O–H groups in total. The van der Waals surface area contributed by atoms with Gasteiger partial charge in [-0.3, -0.25) is 14.3 Å². The van der Waals surface area contributed by atoms with Gasteiger partial charge in [0.15, 0.2) is 19.7 Å². The third kappa shape index (κ3) is 8.59. The second-order valence-corrected chi connectivity index (χ2v) is 18.3. The van der Waals surface area contributed by atoms with E-state index in [1.807, 2.05) is 20.8 Å². The number of hydrogen-bond donors (Lipinski definition) is 2. The molecule has 0 saturated carbocycles. The van der Waals surface area contributed by atoms with E-state index in [2.05, 4.69) is 20.7 Å². The van der Waals surface area contributed by atoms with Gasteiger partial charge in [-0.25, -0.2) is 21.8 Å². The van der Waals surface area contributed by atoms with Crippen LogP contribution in [0.4, 0.5) is 24.8 Å². The minimum Gasteiger partial charge on any atom is -0.310 e. The highest BCUT2D eigenvalue weighted by Gasteiger charge is 2.44. The van der Waals surface area contributed by atoms with Crippen LogP contribution in [-0.2, 0) is 47.9 Å². The molecule has 0 aliphatic heterocycles. The van der Waals surface area contributed by atoms with E-state index in [4.69, 9.17) is 0 Å². The summed E-state index contributed by atoms with van der Waals surface area (Å²) in [5.41, 5.74) is -0.546. The summed E-state index contributed by atoms with van der Waals surface area (Å²) in [5, 5.41) is 9.23. The SMILES string of the molecule is CC(C)(C(=O)Nc1cccc(C(F)(F)F)n1)S(=O)(=O)c1ccccc1.Cn1nc(C(C)(C)C)cc1NC(=O)C(C)(C)S(=O)(=O)c1ccccc1. The summed E-state index contributed by atoms with van der Waals surface area (Å²) in [4.78, 5) is 28.5. The molecule has 0 unspecified atom stereocenters. The fourth-order valence-corrected chi connectivity index (χ4v) is 6.98. The number of aryl methyl sites for hydroxylation is 1. The molecule has 0 aliphatic rings. The smallest absolute Gasteiger partial charge is 0.310 e. The maximum atomic E-state index is 12.9. The maximum Gasteiger partial charge on any atom is 0.433 e. The number of carbonyl (C=O) groups is 2. The van der Waals surface area contributed by atoms with E-state index in [1.54, 1.807) is 42.1 Å². The average Bonchev–Trinajstić information content (AvgIpc) is 3.42. The van der Waals surface area contributed by atoms with E-state index >= 15 is 0 Å². The van der Waals surface area contributed by atoms with Crippen molar-refractivity contribution < 1.29 is 39.6 Å². The minimum atomic E-state index is -4.67. The zero-order chi connectivity index (χ0) is 37.9. The van der Waals surface area contributed by atoms with Crippen LogP contribution >= 0.6 is 0 Å². The number of sulfone groups is 2. The molecule has 50 heavy (non-hydrogen) atoms. The quantitative estimate of drug-likeness (QED) is 0.217. The van der Waals surface area contributed by atoms with Gasteiger partial charge in [0.1, 0.15) is 26.8 Å². The topological polar surface area (TPSA) is 157 Å². The second kappa shape index (κ2) is 14.3. The van der Waals surface area contributed by atoms with E-state index in [1.165, 1.54) is 64.1 Å². The highest BCUT2D eigenvalue weighted by molar-refractivity contribution is 7.94. The molecule has 0 fully saturated rings. The fourth-order valence-electron chi connectivity index (χ4n) is 4.18. The summed E-state index contributed by atoms with van der Waals surface area (Å²) in [6.07, 6.45) is -4.67. The number of halogens is 3. The molecule has 16 heteroatoms. The number of carbonyl (C=O) groups excluding carboxylic acids is 2. The van der Waals surface area contributed by atoms with Crippen molar-refractivity contribution in [2.24, 2.45) is 7.05 Å². The van der Waals surface area contributed by atoms with Crippen LogP contribution in [0, 0.1) is 0 Å². The van der Waals surface area contributed by atoms with Gasteiger partial charge in [0, 0.05) is 18.5 Å². The van der Waals surface area contributed by atoms with Crippen molar-refractivity contribution in [3.05, 3.63) is 96.3 Å². The zero-order valence-corrected chi connectivity index (χ0v) is 30.5. The van der Waals surface area contributed by atoms with E-state index in [0.29, 0.717) is 5.82 Å². The predicted octanol–water partition coefficient (Wildman–Crippen LogP) is 6.20. The monoisotopic (exact) mass is 735 g/mol. The van der Waals surface area contributed by atoms with Crippen LogP contribution in [0.25, 0.3) is 0 Å². The Bertz CT molecular complexity index is 2060. The third-order valence-electron chi connectivity index (χ3n) is 7.72. The summed E-state index contributed by atoms with van der Waals surface area (Å²) >= 11 is 0. The van der Waals surface area contributed by atoms with Gasteiger partial charge in [0.25, 0.3) is 0 Å². The van der Waals surface area contributed by atoms with Crippen molar-refractivity contribution in [3.63, 3.8) is 0 Å². The van der Waals surface area contributed by atoms with Crippen LogP contribution in [0.3, 0.4) is 0 Å². The molecule has 0 aliphatic carbocycles. The van der Waals surface area contributed by atoms with Crippen molar-refractivity contribution >= 4 is 43.1 Å². The molecule has 2 heterocycles. The van der Waals surface area contributed by atoms with Crippen LogP contribution in [-0.4, -0.2) is 52.9 Å². The number of amides is 2. The van der Waals surface area contributed by atoms with E-state index in [-0.39, 0.29) is 21.0 Å². The Hall–Kier alpha value is -4.57. The maximum absolute atomic E-state index is 12.9. The molecule has 11 nitrogen and oxygen atoms in total. The molecule has 270 valence electrons. The van der Waals surface area contributed by atoms with Crippen molar-refractivity contribution in [2.75, 3.05) is 10.6 Å². The van der Waals surface area contributed by atoms with Gasteiger partial charge in [0.2, 0.25) is 11.8 Å². The largest absolute Gasteiger partial charge is 0.433 e. The highest BCUT2D eigenvalue weighted by atomic mass is 32.2. The number of pyridine rings is 1. The Balaban J connectivity index is 0.000000270. The molecular weight excluding hydrogens is 696 g/mol. The van der Waals surface area contributed by atoms with Gasteiger partial charge < -0.3 is 10.6 Å². The Labute approximate surface area is 290 Å². The Morgan fingerprint density at radius 2 is 1.08 bits per heavy atom. The number of nitrogens with one attached hydrogen (secondary N) is 2. The minimum absolute atomic E-state index is 0.0628. The van der Waals surface area contributed by atoms with Crippen LogP contribution in [0.1, 0.15) is 59.9 Å². The van der Waals surface area contributed by atoms with Crippen LogP contribution < -0.4 is 10.6 Å². The van der Waals surface area contributed by atoms with Gasteiger partial charge in [-0.1, -0.05) is 63.2 Å². The molecule has 0 bridgehead atoms. The van der Waals surface area contributed by atoms with Crippen LogP contribution in [0.2, 0.25) is 0 Å². The van der Waals surface area contributed by atoms with Gasteiger partial charge in [-0.15, -0.1) is 0 Å². The van der Waals surface area contributed by atoms with Crippen LogP contribution in [0.15, 0.2) is 94.7 Å². The number of aromatic nitrogens is 3. The fraction of sp³-hybridized carbons (Fsp3) is 0.353. The molecule has 0 spiro atoms. The van der Waals surface area contributed by atoms with Crippen LogP contribution in [0.5, 0.6) is 0 Å². The average molecular weight is 736 g/mol. The van der Waals surface area contributed by atoms with E-state index < -0.39 is 52.9 Å². The highest BCUT2D eigenvalue weighted by Crippen LogP contribution is 2.31. The first-order chi connectivity index (χ1) is 22.8. The summed E-state index contributed by atoms with van der Waals surface area (Å²) < 4.78 is 87.0. The summed E-state index contributed by atoms with van der Waals surface area (Å²) in [7, 11) is -6.18. The molecule has 4 aromatic rings.